The summed E-state index contributed by atoms with van der Waals surface area (Å²) in [4.78, 5) is 5.96. The van der Waals surface area contributed by atoms with Crippen LogP contribution in [0.4, 0.5) is 8.63 Å². The SMILES string of the molecule is CC(/C=C(C)\C(C)=C(/c1cc(-c2ccc(-c3cccs3)cc2)cc(-c2ccc(-c3cccs3)cc2)c1)c1c(C)cc(C)n1C)=NB(F)F. The van der Waals surface area contributed by atoms with Gasteiger partial charge in [0.25, 0.3) is 0 Å². The maximum Gasteiger partial charge on any atom is 0.692 e. The van der Waals surface area contributed by atoms with Gasteiger partial charge in [-0.2, -0.15) is 0 Å². The molecule has 0 aliphatic heterocycles. The van der Waals surface area contributed by atoms with Gasteiger partial charge in [0.2, 0.25) is 0 Å². The van der Waals surface area contributed by atoms with Crippen molar-refractivity contribution in [2.45, 2.75) is 34.6 Å². The van der Waals surface area contributed by atoms with Crippen LogP contribution < -0.4 is 0 Å². The summed E-state index contributed by atoms with van der Waals surface area (Å²) >= 11 is 3.47. The van der Waals surface area contributed by atoms with E-state index in [1.54, 1.807) is 35.7 Å². The van der Waals surface area contributed by atoms with Crippen molar-refractivity contribution >= 4 is 41.4 Å². The van der Waals surface area contributed by atoms with E-state index in [1.807, 2.05) is 6.92 Å². The Morgan fingerprint density at radius 1 is 0.688 bits per heavy atom. The number of thiophene rings is 2. The van der Waals surface area contributed by atoms with Gasteiger partial charge in [-0.1, -0.05) is 60.7 Å². The third-order valence-corrected chi connectivity index (χ3v) is 10.7. The molecule has 240 valence electrons. The largest absolute Gasteiger partial charge is 0.692 e. The minimum atomic E-state index is -2.74. The summed E-state index contributed by atoms with van der Waals surface area (Å²) in [6.45, 7) is 9.92. The topological polar surface area (TPSA) is 17.3 Å². The monoisotopic (exact) mass is 670 g/mol. The summed E-state index contributed by atoms with van der Waals surface area (Å²) in [6, 6.07) is 35.0. The first-order chi connectivity index (χ1) is 23.1. The van der Waals surface area contributed by atoms with Gasteiger partial charge in [0, 0.05) is 33.8 Å². The van der Waals surface area contributed by atoms with Gasteiger partial charge < -0.3 is 4.57 Å². The molecule has 3 aromatic carbocycles. The van der Waals surface area contributed by atoms with Crippen LogP contribution in [-0.2, 0) is 7.05 Å². The van der Waals surface area contributed by atoms with Crippen LogP contribution in [0.15, 0.2) is 130 Å². The van der Waals surface area contributed by atoms with Crippen LogP contribution in [0.1, 0.15) is 43.3 Å². The van der Waals surface area contributed by atoms with E-state index < -0.39 is 7.40 Å². The van der Waals surface area contributed by atoms with Gasteiger partial charge in [0.1, 0.15) is 0 Å². The lowest BCUT2D eigenvalue weighted by Gasteiger charge is -2.20. The van der Waals surface area contributed by atoms with Crippen LogP contribution in [-0.4, -0.2) is 17.7 Å². The Bertz CT molecular complexity index is 2040. The number of benzene rings is 3. The van der Waals surface area contributed by atoms with Crippen molar-refractivity contribution < 1.29 is 8.63 Å². The quantitative estimate of drug-likeness (QED) is 0.0828. The molecule has 0 unspecified atom stereocenters. The van der Waals surface area contributed by atoms with Gasteiger partial charge >= 0.3 is 7.40 Å². The predicted molar refractivity (Wildman–Crippen MR) is 205 cm³/mol. The van der Waals surface area contributed by atoms with E-state index in [2.05, 4.69) is 145 Å². The van der Waals surface area contributed by atoms with Crippen LogP contribution in [0.5, 0.6) is 0 Å². The van der Waals surface area contributed by atoms with Gasteiger partial charge in [-0.3, -0.25) is 13.5 Å². The predicted octanol–water partition coefficient (Wildman–Crippen LogP) is 12.6. The summed E-state index contributed by atoms with van der Waals surface area (Å²) in [5, 5.41) is 4.20. The second-order valence-corrected chi connectivity index (χ2v) is 14.1. The Hall–Kier alpha value is -4.59. The Morgan fingerprint density at radius 2 is 1.19 bits per heavy atom. The molecule has 0 aliphatic carbocycles. The zero-order valence-corrected chi connectivity index (χ0v) is 29.6. The Morgan fingerprint density at radius 3 is 1.60 bits per heavy atom. The summed E-state index contributed by atoms with van der Waals surface area (Å²) < 4.78 is 28.5. The summed E-state index contributed by atoms with van der Waals surface area (Å²) in [7, 11) is -0.655. The molecule has 3 heterocycles. The number of aryl methyl sites for hydroxylation is 2. The molecule has 0 saturated carbocycles. The second kappa shape index (κ2) is 14.3. The van der Waals surface area contributed by atoms with Crippen molar-refractivity contribution in [3.63, 3.8) is 0 Å². The van der Waals surface area contributed by atoms with E-state index in [0.717, 1.165) is 61.5 Å². The first kappa shape index (κ1) is 33.3. The van der Waals surface area contributed by atoms with E-state index >= 15 is 0 Å². The molecule has 0 aliphatic rings. The lowest BCUT2D eigenvalue weighted by atomic mass is 9.87. The normalized spacial score (nSPS) is 12.8. The molecule has 48 heavy (non-hydrogen) atoms. The number of allylic oxidation sites excluding steroid dienone is 3. The lowest BCUT2D eigenvalue weighted by molar-refractivity contribution is 0.662. The highest BCUT2D eigenvalue weighted by molar-refractivity contribution is 7.13. The van der Waals surface area contributed by atoms with Gasteiger partial charge in [-0.15, -0.1) is 22.7 Å². The highest BCUT2D eigenvalue weighted by atomic mass is 32.1. The molecule has 6 rings (SSSR count). The maximum atomic E-state index is 13.1. The Kier molecular flexibility index (Phi) is 9.90. The molecule has 0 spiro atoms. The molecular weight excluding hydrogens is 633 g/mol. The molecule has 0 saturated heterocycles. The smallest absolute Gasteiger partial charge is 0.348 e. The summed E-state index contributed by atoms with van der Waals surface area (Å²) in [5.41, 5.74) is 14.6. The van der Waals surface area contributed by atoms with Crippen LogP contribution in [0.2, 0.25) is 0 Å². The second-order valence-electron chi connectivity index (χ2n) is 12.2. The Labute approximate surface area is 290 Å². The zero-order chi connectivity index (χ0) is 33.9. The molecule has 0 amide bonds. The highest BCUT2D eigenvalue weighted by Crippen LogP contribution is 2.39. The van der Waals surface area contributed by atoms with E-state index in [4.69, 9.17) is 0 Å². The first-order valence-electron chi connectivity index (χ1n) is 15.9. The maximum absolute atomic E-state index is 13.1. The average Bonchev–Trinajstić information content (AvgIpc) is 3.85. The summed E-state index contributed by atoms with van der Waals surface area (Å²) in [5.74, 6) is 0. The van der Waals surface area contributed by atoms with Crippen molar-refractivity contribution in [1.29, 1.82) is 0 Å². The van der Waals surface area contributed by atoms with Crippen molar-refractivity contribution in [1.82, 2.24) is 4.57 Å². The molecule has 7 heteroatoms. The Balaban J connectivity index is 1.57. The van der Waals surface area contributed by atoms with Crippen LogP contribution >= 0.6 is 22.7 Å². The molecule has 0 atom stereocenters. The molecule has 0 radical (unpaired) electrons. The number of aromatic nitrogens is 1. The minimum Gasteiger partial charge on any atom is -0.348 e. The lowest BCUT2D eigenvalue weighted by Crippen LogP contribution is -2.04. The van der Waals surface area contributed by atoms with Crippen molar-refractivity contribution in [2.75, 3.05) is 0 Å². The fourth-order valence-electron chi connectivity index (χ4n) is 6.27. The fourth-order valence-corrected chi connectivity index (χ4v) is 7.74. The molecule has 0 bridgehead atoms. The number of rotatable bonds is 9. The number of nitrogens with zero attached hydrogens (tertiary/aromatic N) is 2. The minimum absolute atomic E-state index is 0.298. The summed E-state index contributed by atoms with van der Waals surface area (Å²) in [6.07, 6.45) is 1.75. The third-order valence-electron chi connectivity index (χ3n) is 8.86. The van der Waals surface area contributed by atoms with Gasteiger partial charge in [0.05, 0.1) is 5.69 Å². The van der Waals surface area contributed by atoms with E-state index in [9.17, 15) is 8.63 Å². The number of hydrogen-bond donors (Lipinski definition) is 0. The number of halogens is 2. The van der Waals surface area contributed by atoms with E-state index in [-0.39, 0.29) is 0 Å². The molecule has 6 aromatic rings. The highest BCUT2D eigenvalue weighted by Gasteiger charge is 2.20. The van der Waals surface area contributed by atoms with Crippen LogP contribution in [0.25, 0.3) is 48.7 Å². The van der Waals surface area contributed by atoms with E-state index in [0.29, 0.717) is 5.71 Å². The van der Waals surface area contributed by atoms with Crippen LogP contribution in [0.3, 0.4) is 0 Å². The standard InChI is InChI=1S/C41H37BF2N2S2/c1-26(21-28(3)45-42(43)44)30(5)40(41-27(2)22-29(4)46(41)6)37-24-35(31-11-15-33(16-12-31)38-9-7-19-47-38)23-36(25-37)32-13-17-34(18-14-32)39-10-8-20-48-39/h7-25H,1-6H3/b26-21-,40-30+,45-28?. The average molecular weight is 671 g/mol. The van der Waals surface area contributed by atoms with Crippen molar-refractivity contribution in [2.24, 2.45) is 12.0 Å². The molecule has 3 aromatic heterocycles. The molecule has 0 N–H and O–H groups in total. The van der Waals surface area contributed by atoms with Gasteiger partial charge in [-0.25, -0.2) is 0 Å². The molecule has 2 nitrogen and oxygen atoms in total. The first-order valence-corrected chi connectivity index (χ1v) is 17.6. The van der Waals surface area contributed by atoms with Gasteiger partial charge in [0.15, 0.2) is 0 Å². The fraction of sp³-hybridized carbons (Fsp3) is 0.146. The molecule has 0 fully saturated rings. The molecular formula is C41H37BF2N2S2. The zero-order valence-electron chi connectivity index (χ0n) is 28.0. The van der Waals surface area contributed by atoms with Crippen LogP contribution in [0, 0.1) is 13.8 Å². The third kappa shape index (κ3) is 7.13. The van der Waals surface area contributed by atoms with Crippen molar-refractivity contribution in [3.8, 4) is 43.1 Å². The van der Waals surface area contributed by atoms with Crippen molar-refractivity contribution in [3.05, 3.63) is 148 Å². The van der Waals surface area contributed by atoms with Gasteiger partial charge in [-0.05, 0) is 144 Å². The number of hydrogen-bond acceptors (Lipinski definition) is 3. The van der Waals surface area contributed by atoms with E-state index in [1.165, 1.54) is 20.9 Å².